The average molecular weight is 551 g/mol. The van der Waals surface area contributed by atoms with Gasteiger partial charge in [-0.2, -0.15) is 5.01 Å². The highest BCUT2D eigenvalue weighted by Gasteiger charge is 2.34. The predicted molar refractivity (Wildman–Crippen MR) is 141 cm³/mol. The van der Waals surface area contributed by atoms with E-state index in [1.165, 1.54) is 18.4 Å². The molecule has 11 heteroatoms. The third kappa shape index (κ3) is 5.56. The van der Waals surface area contributed by atoms with Crippen molar-refractivity contribution in [2.24, 2.45) is 0 Å². The van der Waals surface area contributed by atoms with Gasteiger partial charge in [0.25, 0.3) is 11.8 Å². The van der Waals surface area contributed by atoms with Crippen LogP contribution >= 0.6 is 58.5 Å². The third-order valence-corrected chi connectivity index (χ3v) is 7.39. The van der Waals surface area contributed by atoms with E-state index in [0.29, 0.717) is 36.9 Å². The first-order valence-electron chi connectivity index (χ1n) is 9.73. The van der Waals surface area contributed by atoms with E-state index in [2.05, 4.69) is 5.43 Å². The van der Waals surface area contributed by atoms with Gasteiger partial charge in [0, 0.05) is 15.6 Å². The summed E-state index contributed by atoms with van der Waals surface area (Å²) < 4.78 is 11.6. The van der Waals surface area contributed by atoms with Gasteiger partial charge in [-0.15, -0.1) is 11.3 Å². The second-order valence-corrected chi connectivity index (χ2v) is 10.3. The Labute approximate surface area is 219 Å². The maximum Gasteiger partial charge on any atom is 0.285 e. The van der Waals surface area contributed by atoms with Crippen LogP contribution in [0.3, 0.4) is 0 Å². The fourth-order valence-corrected chi connectivity index (χ4v) is 5.22. The first kappa shape index (κ1) is 24.6. The maximum atomic E-state index is 12.8. The Hall–Kier alpha value is -2.56. The molecule has 1 aromatic heterocycles. The van der Waals surface area contributed by atoms with Gasteiger partial charge >= 0.3 is 0 Å². The minimum absolute atomic E-state index is 0.230. The molecule has 3 aromatic rings. The van der Waals surface area contributed by atoms with Gasteiger partial charge in [-0.1, -0.05) is 53.2 Å². The number of thioether (sulfide) groups is 1. The zero-order valence-corrected chi connectivity index (χ0v) is 21.5. The number of rotatable bonds is 7. The van der Waals surface area contributed by atoms with E-state index in [0.717, 1.165) is 22.3 Å². The number of hydrogen-bond acceptors (Lipinski definition) is 7. The SMILES string of the molecule is COc1cc(/C=C2/SC(=S)N(NC(=O)c3cccs3)C2=O)ccc1OCc1ccc(Cl)cc1Cl. The molecule has 34 heavy (non-hydrogen) atoms. The second kappa shape index (κ2) is 10.8. The minimum atomic E-state index is -0.406. The molecule has 0 bridgehead atoms. The molecule has 1 aliphatic rings. The molecule has 0 spiro atoms. The highest BCUT2D eigenvalue weighted by Crippen LogP contribution is 2.35. The number of carbonyl (C=O) groups excluding carboxylic acids is 2. The van der Waals surface area contributed by atoms with E-state index >= 15 is 0 Å². The van der Waals surface area contributed by atoms with Crippen LogP contribution in [0.4, 0.5) is 0 Å². The number of halogens is 2. The fourth-order valence-electron chi connectivity index (χ4n) is 2.97. The van der Waals surface area contributed by atoms with Crippen LogP contribution < -0.4 is 14.9 Å². The Balaban J connectivity index is 1.47. The van der Waals surface area contributed by atoms with Gasteiger partial charge in [-0.3, -0.25) is 15.0 Å². The van der Waals surface area contributed by atoms with Crippen LogP contribution in [0.1, 0.15) is 20.8 Å². The summed E-state index contributed by atoms with van der Waals surface area (Å²) in [4.78, 5) is 26.0. The predicted octanol–water partition coefficient (Wildman–Crippen LogP) is 6.19. The van der Waals surface area contributed by atoms with Gasteiger partial charge in [0.2, 0.25) is 0 Å². The highest BCUT2D eigenvalue weighted by molar-refractivity contribution is 8.26. The average Bonchev–Trinajstić information content (AvgIpc) is 3.44. The van der Waals surface area contributed by atoms with Crippen LogP contribution in [-0.4, -0.2) is 28.3 Å². The maximum absolute atomic E-state index is 12.8. The van der Waals surface area contributed by atoms with Crippen molar-refractivity contribution in [3.63, 3.8) is 0 Å². The van der Waals surface area contributed by atoms with Gasteiger partial charge < -0.3 is 9.47 Å². The number of thiophene rings is 1. The normalized spacial score (nSPS) is 14.6. The van der Waals surface area contributed by atoms with Crippen molar-refractivity contribution in [2.75, 3.05) is 7.11 Å². The number of benzene rings is 2. The number of methoxy groups -OCH3 is 1. The summed E-state index contributed by atoms with van der Waals surface area (Å²) in [5.74, 6) is 0.204. The molecular formula is C23H16Cl2N2O4S3. The zero-order chi connectivity index (χ0) is 24.2. The largest absolute Gasteiger partial charge is 0.493 e. The van der Waals surface area contributed by atoms with Crippen molar-refractivity contribution in [1.82, 2.24) is 10.4 Å². The van der Waals surface area contributed by atoms with Crippen LogP contribution in [0.15, 0.2) is 58.8 Å². The molecule has 6 nitrogen and oxygen atoms in total. The number of thiocarbonyl (C=S) groups is 1. The number of amides is 2. The zero-order valence-electron chi connectivity index (χ0n) is 17.5. The Morgan fingerprint density at radius 2 is 2.00 bits per heavy atom. The van der Waals surface area contributed by atoms with E-state index in [1.54, 1.807) is 60.0 Å². The number of nitrogens with zero attached hydrogens (tertiary/aromatic N) is 1. The second-order valence-electron chi connectivity index (χ2n) is 6.87. The van der Waals surface area contributed by atoms with Gasteiger partial charge in [0.1, 0.15) is 6.61 Å². The number of nitrogens with one attached hydrogen (secondary N) is 1. The van der Waals surface area contributed by atoms with E-state index in [1.807, 2.05) is 0 Å². The molecule has 2 heterocycles. The number of hydrogen-bond donors (Lipinski definition) is 1. The van der Waals surface area contributed by atoms with E-state index < -0.39 is 11.8 Å². The van der Waals surface area contributed by atoms with Crippen molar-refractivity contribution < 1.29 is 19.1 Å². The van der Waals surface area contributed by atoms with Gasteiger partial charge in [0.05, 0.1) is 16.9 Å². The van der Waals surface area contributed by atoms with Gasteiger partial charge in [0.15, 0.2) is 15.8 Å². The van der Waals surface area contributed by atoms with Crippen molar-refractivity contribution in [3.8, 4) is 11.5 Å². The monoisotopic (exact) mass is 550 g/mol. The quantitative estimate of drug-likeness (QED) is 0.279. The molecule has 1 saturated heterocycles. The van der Waals surface area contributed by atoms with Crippen LogP contribution in [0, 0.1) is 0 Å². The number of ether oxygens (including phenoxy) is 2. The highest BCUT2D eigenvalue weighted by atomic mass is 35.5. The molecule has 2 aromatic carbocycles. The summed E-state index contributed by atoms with van der Waals surface area (Å²) in [6, 6.07) is 13.9. The molecule has 2 amide bonds. The topological polar surface area (TPSA) is 67.9 Å². The Bertz CT molecular complexity index is 1300. The van der Waals surface area contributed by atoms with E-state index in [-0.39, 0.29) is 10.9 Å². The first-order valence-corrected chi connectivity index (χ1v) is 12.6. The van der Waals surface area contributed by atoms with Gasteiger partial charge in [-0.05, 0) is 59.6 Å². The molecule has 0 saturated carbocycles. The molecule has 4 rings (SSSR count). The molecule has 0 unspecified atom stereocenters. The standard InChI is InChI=1S/C23H16Cl2N2O4S3/c1-30-18-9-13(4-7-17(18)31-12-14-5-6-15(24)11-16(14)25)10-20-22(29)27(23(32)34-20)26-21(28)19-3-2-8-33-19/h2-11H,12H2,1H3,(H,26,28)/b20-10+. The number of hydrazine groups is 1. The molecule has 0 aliphatic carbocycles. The van der Waals surface area contributed by atoms with Crippen LogP contribution in [-0.2, 0) is 11.4 Å². The Kier molecular flexibility index (Phi) is 7.80. The van der Waals surface area contributed by atoms with Crippen molar-refractivity contribution in [3.05, 3.63) is 84.9 Å². The number of carbonyl (C=O) groups is 2. The molecule has 1 fully saturated rings. The van der Waals surface area contributed by atoms with E-state index in [9.17, 15) is 9.59 Å². The lowest BCUT2D eigenvalue weighted by atomic mass is 10.2. The Morgan fingerprint density at radius 3 is 2.71 bits per heavy atom. The summed E-state index contributed by atoms with van der Waals surface area (Å²) in [6.45, 7) is 0.230. The van der Waals surface area contributed by atoms with Crippen LogP contribution in [0.5, 0.6) is 11.5 Å². The Morgan fingerprint density at radius 1 is 1.18 bits per heavy atom. The molecule has 174 valence electrons. The fraction of sp³-hybridized carbons (Fsp3) is 0.0870. The summed E-state index contributed by atoms with van der Waals surface area (Å²) in [6.07, 6.45) is 1.68. The summed E-state index contributed by atoms with van der Waals surface area (Å²) in [5.41, 5.74) is 4.05. The lowest BCUT2D eigenvalue weighted by Crippen LogP contribution is -2.44. The summed E-state index contributed by atoms with van der Waals surface area (Å²) >= 11 is 19.8. The van der Waals surface area contributed by atoms with Crippen LogP contribution in [0.25, 0.3) is 6.08 Å². The van der Waals surface area contributed by atoms with Crippen LogP contribution in [0.2, 0.25) is 10.0 Å². The summed E-state index contributed by atoms with van der Waals surface area (Å²) in [5, 5.41) is 3.92. The lowest BCUT2D eigenvalue weighted by Gasteiger charge is -2.14. The van der Waals surface area contributed by atoms with Crippen molar-refractivity contribution in [2.45, 2.75) is 6.61 Å². The van der Waals surface area contributed by atoms with Gasteiger partial charge in [-0.25, -0.2) is 0 Å². The molecular weight excluding hydrogens is 535 g/mol. The third-order valence-electron chi connectivity index (χ3n) is 4.64. The molecule has 0 atom stereocenters. The van der Waals surface area contributed by atoms with Crippen molar-refractivity contribution >= 4 is 80.7 Å². The lowest BCUT2D eigenvalue weighted by molar-refractivity contribution is -0.123. The van der Waals surface area contributed by atoms with E-state index in [4.69, 9.17) is 44.9 Å². The molecule has 1 N–H and O–H groups in total. The molecule has 1 aliphatic heterocycles. The summed E-state index contributed by atoms with van der Waals surface area (Å²) in [7, 11) is 1.53. The smallest absolute Gasteiger partial charge is 0.285 e. The minimum Gasteiger partial charge on any atom is -0.493 e. The first-order chi connectivity index (χ1) is 16.4. The van der Waals surface area contributed by atoms with Crippen molar-refractivity contribution in [1.29, 1.82) is 0 Å². The molecule has 0 radical (unpaired) electrons.